The predicted molar refractivity (Wildman–Crippen MR) is 197 cm³/mol. The molecule has 0 N–H and O–H groups in total. The summed E-state index contributed by atoms with van der Waals surface area (Å²) in [7, 11) is 0. The Morgan fingerprint density at radius 3 is 1.62 bits per heavy atom. The van der Waals surface area contributed by atoms with Gasteiger partial charge in [-0.05, 0) is 57.3 Å². The molecule has 3 heteroatoms. The third-order valence-electron chi connectivity index (χ3n) is 9.58. The Hall–Kier alpha value is -6.32. The van der Waals surface area contributed by atoms with Crippen LogP contribution in [0.1, 0.15) is 0 Å². The van der Waals surface area contributed by atoms with Crippen LogP contribution in [0.2, 0.25) is 0 Å². The number of benzene rings is 8. The van der Waals surface area contributed by atoms with Crippen molar-refractivity contribution in [2.45, 2.75) is 0 Å². The minimum absolute atomic E-state index is 0.726. The van der Waals surface area contributed by atoms with Crippen molar-refractivity contribution in [1.82, 2.24) is 14.5 Å². The number of aromatic nitrogens is 3. The van der Waals surface area contributed by atoms with Crippen molar-refractivity contribution in [3.05, 3.63) is 164 Å². The molecule has 0 aliphatic heterocycles. The lowest BCUT2D eigenvalue weighted by Crippen LogP contribution is -1.99. The Bertz CT molecular complexity index is 2750. The zero-order valence-corrected chi connectivity index (χ0v) is 25.4. The first-order valence-corrected chi connectivity index (χ1v) is 16.0. The second kappa shape index (κ2) is 10.1. The van der Waals surface area contributed by atoms with Crippen LogP contribution in [0.4, 0.5) is 0 Å². The van der Waals surface area contributed by atoms with Crippen LogP contribution in [0.3, 0.4) is 0 Å². The highest BCUT2D eigenvalue weighted by Crippen LogP contribution is 2.42. The van der Waals surface area contributed by atoms with Crippen LogP contribution >= 0.6 is 0 Å². The lowest BCUT2D eigenvalue weighted by atomic mass is 10.00. The van der Waals surface area contributed by atoms with Crippen molar-refractivity contribution in [3.8, 4) is 28.3 Å². The maximum atomic E-state index is 5.23. The topological polar surface area (TPSA) is 30.7 Å². The van der Waals surface area contributed by atoms with E-state index in [0.29, 0.717) is 0 Å². The largest absolute Gasteiger partial charge is 0.309 e. The van der Waals surface area contributed by atoms with E-state index in [9.17, 15) is 0 Å². The summed E-state index contributed by atoms with van der Waals surface area (Å²) >= 11 is 0. The monoisotopic (exact) mass is 597 g/mol. The predicted octanol–water partition coefficient (Wildman–Crippen LogP) is 11.5. The Labute approximate surface area is 271 Å². The number of hydrogen-bond donors (Lipinski definition) is 0. The van der Waals surface area contributed by atoms with E-state index in [1.165, 1.54) is 43.4 Å². The van der Waals surface area contributed by atoms with Gasteiger partial charge in [0.05, 0.1) is 27.9 Å². The summed E-state index contributed by atoms with van der Waals surface area (Å²) in [6, 6.07) is 58.4. The van der Waals surface area contributed by atoms with Gasteiger partial charge in [0.1, 0.15) is 0 Å². The average molecular weight is 598 g/mol. The minimum Gasteiger partial charge on any atom is -0.309 e. The van der Waals surface area contributed by atoms with Gasteiger partial charge in [-0.2, -0.15) is 0 Å². The maximum absolute atomic E-state index is 5.23. The summed E-state index contributed by atoms with van der Waals surface area (Å²) in [4.78, 5) is 10.4. The Morgan fingerprint density at radius 1 is 0.383 bits per heavy atom. The highest BCUT2D eigenvalue weighted by atomic mass is 15.0. The second-order valence-corrected chi connectivity index (χ2v) is 12.2. The van der Waals surface area contributed by atoms with Crippen molar-refractivity contribution in [1.29, 1.82) is 0 Å². The standard InChI is InChI=1S/C44H27N3/c1-2-14-30(15-3-1)43-36-20-10-11-21-37(36)45-44(46-43)35-24-27-38(34-19-9-8-18-33(34)35)47-39-25-22-28-12-4-6-16-31(28)41(39)42-32-17-7-5-13-29(32)23-26-40(42)47/h1-27H. The Kier molecular flexibility index (Phi) is 5.57. The number of fused-ring (bicyclic) bond motifs is 9. The molecule has 0 saturated carbocycles. The minimum atomic E-state index is 0.726. The molecule has 0 radical (unpaired) electrons. The summed E-state index contributed by atoms with van der Waals surface area (Å²) < 4.78 is 2.45. The Morgan fingerprint density at radius 2 is 0.936 bits per heavy atom. The molecule has 0 atom stereocenters. The fraction of sp³-hybridized carbons (Fsp3) is 0. The fourth-order valence-corrected chi connectivity index (χ4v) is 7.49. The van der Waals surface area contributed by atoms with Gasteiger partial charge in [-0.1, -0.05) is 133 Å². The van der Waals surface area contributed by atoms with E-state index in [2.05, 4.69) is 156 Å². The van der Waals surface area contributed by atoms with Gasteiger partial charge in [0.15, 0.2) is 5.82 Å². The van der Waals surface area contributed by atoms with Gasteiger partial charge < -0.3 is 4.57 Å². The van der Waals surface area contributed by atoms with Crippen molar-refractivity contribution in [2.75, 3.05) is 0 Å². The van der Waals surface area contributed by atoms with Gasteiger partial charge >= 0.3 is 0 Å². The summed E-state index contributed by atoms with van der Waals surface area (Å²) in [6.07, 6.45) is 0. The van der Waals surface area contributed by atoms with E-state index >= 15 is 0 Å². The van der Waals surface area contributed by atoms with Gasteiger partial charge in [0.2, 0.25) is 0 Å². The first-order valence-electron chi connectivity index (χ1n) is 16.0. The molecule has 0 saturated heterocycles. The number of nitrogens with zero attached hydrogens (tertiary/aromatic N) is 3. The summed E-state index contributed by atoms with van der Waals surface area (Å²) in [5, 5.41) is 10.9. The SMILES string of the molecule is c1ccc(-c2nc(-c3ccc(-n4c5ccc6ccccc6c5c5c6ccccc6ccc54)c4ccccc34)nc3ccccc23)cc1. The molecule has 0 bridgehead atoms. The van der Waals surface area contributed by atoms with E-state index in [1.54, 1.807) is 0 Å². The van der Waals surface area contributed by atoms with Gasteiger partial charge in [-0.25, -0.2) is 9.97 Å². The molecule has 2 aromatic heterocycles. The van der Waals surface area contributed by atoms with Crippen molar-refractivity contribution < 1.29 is 0 Å². The first kappa shape index (κ1) is 26.0. The van der Waals surface area contributed by atoms with Crippen molar-refractivity contribution in [2.24, 2.45) is 0 Å². The Balaban J connectivity index is 1.29. The van der Waals surface area contributed by atoms with Crippen molar-refractivity contribution in [3.63, 3.8) is 0 Å². The number of hydrogen-bond acceptors (Lipinski definition) is 2. The molecule has 0 spiro atoms. The quantitative estimate of drug-likeness (QED) is 0.203. The molecule has 0 unspecified atom stereocenters. The van der Waals surface area contributed by atoms with E-state index in [-0.39, 0.29) is 0 Å². The maximum Gasteiger partial charge on any atom is 0.161 e. The summed E-state index contributed by atoms with van der Waals surface area (Å²) in [5.41, 5.74) is 7.51. The van der Waals surface area contributed by atoms with E-state index in [0.717, 1.165) is 50.0 Å². The molecule has 0 fully saturated rings. The molecule has 47 heavy (non-hydrogen) atoms. The molecule has 3 nitrogen and oxygen atoms in total. The molecule has 8 aromatic carbocycles. The van der Waals surface area contributed by atoms with Crippen LogP contribution in [0.5, 0.6) is 0 Å². The van der Waals surface area contributed by atoms with Crippen LogP contribution in [0.25, 0.3) is 93.4 Å². The molecule has 0 aliphatic rings. The number of rotatable bonds is 3. The normalized spacial score (nSPS) is 11.8. The average Bonchev–Trinajstić information content (AvgIpc) is 3.49. The van der Waals surface area contributed by atoms with Crippen LogP contribution < -0.4 is 0 Å². The van der Waals surface area contributed by atoms with Crippen molar-refractivity contribution >= 4 is 65.0 Å². The molecule has 2 heterocycles. The van der Waals surface area contributed by atoms with Crippen LogP contribution in [0.15, 0.2) is 164 Å². The zero-order valence-electron chi connectivity index (χ0n) is 25.4. The van der Waals surface area contributed by atoms with Crippen LogP contribution in [-0.4, -0.2) is 14.5 Å². The van der Waals surface area contributed by atoms with E-state index in [1.807, 2.05) is 12.1 Å². The highest BCUT2D eigenvalue weighted by Gasteiger charge is 2.20. The van der Waals surface area contributed by atoms with Crippen LogP contribution in [0, 0.1) is 0 Å². The smallest absolute Gasteiger partial charge is 0.161 e. The number of para-hydroxylation sites is 1. The van der Waals surface area contributed by atoms with Gasteiger partial charge in [-0.15, -0.1) is 0 Å². The molecule has 218 valence electrons. The summed E-state index contributed by atoms with van der Waals surface area (Å²) in [5.74, 6) is 0.726. The third-order valence-corrected chi connectivity index (χ3v) is 9.58. The third kappa shape index (κ3) is 3.87. The molecular formula is C44H27N3. The molecule has 0 aliphatic carbocycles. The molecule has 10 rings (SSSR count). The lowest BCUT2D eigenvalue weighted by molar-refractivity contribution is 1.19. The van der Waals surface area contributed by atoms with E-state index < -0.39 is 0 Å². The van der Waals surface area contributed by atoms with Crippen LogP contribution in [-0.2, 0) is 0 Å². The first-order chi connectivity index (χ1) is 23.3. The lowest BCUT2D eigenvalue weighted by Gasteiger charge is -2.15. The second-order valence-electron chi connectivity index (χ2n) is 12.2. The zero-order chi connectivity index (χ0) is 30.9. The highest BCUT2D eigenvalue weighted by molar-refractivity contribution is 6.28. The summed E-state index contributed by atoms with van der Waals surface area (Å²) in [6.45, 7) is 0. The van der Waals surface area contributed by atoms with Gasteiger partial charge in [0.25, 0.3) is 0 Å². The molecule has 0 amide bonds. The fourth-order valence-electron chi connectivity index (χ4n) is 7.49. The molecule has 10 aromatic rings. The van der Waals surface area contributed by atoms with Gasteiger partial charge in [0, 0.05) is 32.7 Å². The molecular weight excluding hydrogens is 571 g/mol. The van der Waals surface area contributed by atoms with Gasteiger partial charge in [-0.3, -0.25) is 0 Å². The van der Waals surface area contributed by atoms with E-state index in [4.69, 9.17) is 9.97 Å².